The second kappa shape index (κ2) is 3.17. The Hall–Kier alpha value is -0.0900. The minimum absolute atomic E-state index is 0.201. The van der Waals surface area contributed by atoms with Gasteiger partial charge in [0, 0.05) is 0 Å². The smallest absolute Gasteiger partial charge is 0.265 e. The predicted octanol–water partition coefficient (Wildman–Crippen LogP) is 0.734. The second-order valence-electron chi connectivity index (χ2n) is 2.23. The monoisotopic (exact) mass is 151 g/mol. The highest BCUT2D eigenvalue weighted by atomic mass is 32.2. The molecule has 0 aromatic heterocycles. The summed E-state index contributed by atoms with van der Waals surface area (Å²) in [4.78, 5) is 0. The quantitative estimate of drug-likeness (QED) is 0.605. The van der Waals surface area contributed by atoms with Crippen LogP contribution in [0.15, 0.2) is 0 Å². The van der Waals surface area contributed by atoms with Crippen molar-refractivity contribution in [2.45, 2.75) is 13.8 Å². The van der Waals surface area contributed by atoms with Crippen LogP contribution < -0.4 is 0 Å². The summed E-state index contributed by atoms with van der Waals surface area (Å²) < 4.78 is 28.3. The van der Waals surface area contributed by atoms with Gasteiger partial charge in [0.1, 0.15) is 0 Å². The molecule has 0 aromatic carbocycles. The Balaban J connectivity index is 3.53. The Bertz CT molecular complexity index is 157. The fraction of sp³-hybridized carbons (Fsp3) is 0.800. The van der Waals surface area contributed by atoms with Crippen LogP contribution >= 0.6 is 0 Å². The molecule has 0 aliphatic carbocycles. The highest BCUT2D eigenvalue weighted by molar-refractivity contribution is 7.85. The maximum atomic E-state index is 10.1. The van der Waals surface area contributed by atoms with Crippen molar-refractivity contribution in [2.24, 2.45) is 5.92 Å². The highest BCUT2D eigenvalue weighted by Crippen LogP contribution is 1.99. The van der Waals surface area contributed by atoms with Crippen molar-refractivity contribution in [2.75, 3.05) is 5.75 Å². The van der Waals surface area contributed by atoms with Crippen molar-refractivity contribution in [1.82, 2.24) is 0 Å². The summed E-state index contributed by atoms with van der Waals surface area (Å²) in [5.74, 6) is -0.0445. The van der Waals surface area contributed by atoms with Crippen LogP contribution in [0.2, 0.25) is 0 Å². The van der Waals surface area contributed by atoms with Crippen molar-refractivity contribution >= 4 is 10.1 Å². The number of hydrogen-bond donors (Lipinski definition) is 1. The molecule has 3 nitrogen and oxygen atoms in total. The van der Waals surface area contributed by atoms with E-state index in [0.717, 1.165) is 0 Å². The Kier molecular flexibility index (Phi) is 3.14. The van der Waals surface area contributed by atoms with E-state index < -0.39 is 10.1 Å². The van der Waals surface area contributed by atoms with E-state index in [1.807, 2.05) is 13.8 Å². The van der Waals surface area contributed by atoms with Gasteiger partial charge in [0.2, 0.25) is 0 Å². The zero-order valence-corrected chi connectivity index (χ0v) is 6.35. The van der Waals surface area contributed by atoms with Crippen molar-refractivity contribution < 1.29 is 13.0 Å². The molecule has 0 spiro atoms. The topological polar surface area (TPSA) is 54.4 Å². The Morgan fingerprint density at radius 2 is 2.00 bits per heavy atom. The normalized spacial score (nSPS) is 12.4. The van der Waals surface area contributed by atoms with E-state index in [0.29, 0.717) is 0 Å². The molecule has 4 heteroatoms. The summed E-state index contributed by atoms with van der Waals surface area (Å²) in [5.41, 5.74) is 0. The summed E-state index contributed by atoms with van der Waals surface area (Å²) in [6, 6.07) is 0. The molecule has 0 rings (SSSR count). The lowest BCUT2D eigenvalue weighted by atomic mass is 10.2. The van der Waals surface area contributed by atoms with E-state index in [1.165, 1.54) is 6.42 Å². The van der Waals surface area contributed by atoms with Crippen molar-refractivity contribution in [1.29, 1.82) is 0 Å². The van der Waals surface area contributed by atoms with Crippen LogP contribution in [-0.4, -0.2) is 18.7 Å². The van der Waals surface area contributed by atoms with Crippen LogP contribution in [0.1, 0.15) is 13.8 Å². The van der Waals surface area contributed by atoms with Gasteiger partial charge in [-0.05, 0) is 12.3 Å². The lowest BCUT2D eigenvalue weighted by Gasteiger charge is -1.99. The molecule has 0 aliphatic rings. The summed E-state index contributed by atoms with van der Waals surface area (Å²) in [6.07, 6.45) is 1.54. The number of rotatable bonds is 3. The fourth-order valence-corrected chi connectivity index (χ4v) is 0.942. The molecule has 1 N–H and O–H groups in total. The van der Waals surface area contributed by atoms with Crippen LogP contribution in [0.5, 0.6) is 0 Å². The second-order valence-corrected chi connectivity index (χ2v) is 3.73. The van der Waals surface area contributed by atoms with Gasteiger partial charge in [-0.15, -0.1) is 0 Å². The van der Waals surface area contributed by atoms with Gasteiger partial charge in [-0.3, -0.25) is 4.55 Å². The van der Waals surface area contributed by atoms with Crippen LogP contribution in [0.4, 0.5) is 0 Å². The Morgan fingerprint density at radius 1 is 1.56 bits per heavy atom. The van der Waals surface area contributed by atoms with E-state index in [-0.39, 0.29) is 11.7 Å². The van der Waals surface area contributed by atoms with Gasteiger partial charge in [0.15, 0.2) is 0 Å². The first kappa shape index (κ1) is 8.91. The zero-order valence-electron chi connectivity index (χ0n) is 5.53. The molecule has 0 amide bonds. The van der Waals surface area contributed by atoms with Crippen LogP contribution in [0, 0.1) is 12.3 Å². The molecule has 0 unspecified atom stereocenters. The molecule has 1 radical (unpaired) electrons. The maximum absolute atomic E-state index is 10.1. The average molecular weight is 151 g/mol. The van der Waals surface area contributed by atoms with Gasteiger partial charge in [-0.25, -0.2) is 0 Å². The molecule has 0 bridgehead atoms. The summed E-state index contributed by atoms with van der Waals surface area (Å²) in [6.45, 7) is 3.70. The first-order valence-electron chi connectivity index (χ1n) is 2.70. The first-order chi connectivity index (χ1) is 3.92. The number of hydrogen-bond acceptors (Lipinski definition) is 2. The Labute approximate surface area is 55.8 Å². The molecular formula is C5H11O3S. The zero-order chi connectivity index (χ0) is 7.49. The molecule has 55 valence electrons. The molecule has 0 saturated carbocycles. The molecule has 0 aliphatic heterocycles. The van der Waals surface area contributed by atoms with Crippen LogP contribution in [0.25, 0.3) is 0 Å². The lowest BCUT2D eigenvalue weighted by molar-refractivity contribution is 0.483. The van der Waals surface area contributed by atoms with Gasteiger partial charge >= 0.3 is 0 Å². The minimum atomic E-state index is -3.77. The summed E-state index contributed by atoms with van der Waals surface area (Å²) in [7, 11) is -3.77. The van der Waals surface area contributed by atoms with E-state index in [1.54, 1.807) is 0 Å². The third-order valence-electron chi connectivity index (χ3n) is 0.778. The van der Waals surface area contributed by atoms with Crippen LogP contribution in [-0.2, 0) is 10.1 Å². The molecule has 9 heavy (non-hydrogen) atoms. The molecule has 0 fully saturated rings. The van der Waals surface area contributed by atoms with E-state index in [9.17, 15) is 8.42 Å². The highest BCUT2D eigenvalue weighted by Gasteiger charge is 2.04. The van der Waals surface area contributed by atoms with Crippen molar-refractivity contribution in [3.63, 3.8) is 0 Å². The first-order valence-corrected chi connectivity index (χ1v) is 4.31. The predicted molar refractivity (Wildman–Crippen MR) is 35.6 cm³/mol. The Morgan fingerprint density at radius 3 is 2.11 bits per heavy atom. The van der Waals surface area contributed by atoms with Gasteiger partial charge in [0.05, 0.1) is 5.75 Å². The maximum Gasteiger partial charge on any atom is 0.265 e. The van der Waals surface area contributed by atoms with Crippen LogP contribution in [0.3, 0.4) is 0 Å². The minimum Gasteiger partial charge on any atom is -0.286 e. The standard InChI is InChI=1S/C5H11O3S/c1-5(2)3-4-9(6,7)8/h3,5H,4H2,1-2H3,(H,6,7,8). The van der Waals surface area contributed by atoms with E-state index in [2.05, 4.69) is 0 Å². The summed E-state index contributed by atoms with van der Waals surface area (Å²) >= 11 is 0. The van der Waals surface area contributed by atoms with E-state index in [4.69, 9.17) is 4.55 Å². The fourth-order valence-electron chi connectivity index (χ4n) is 0.314. The van der Waals surface area contributed by atoms with Gasteiger partial charge < -0.3 is 0 Å². The molecule has 0 saturated heterocycles. The lowest BCUT2D eigenvalue weighted by Crippen LogP contribution is -2.06. The van der Waals surface area contributed by atoms with Gasteiger partial charge in [-0.1, -0.05) is 13.8 Å². The molecular weight excluding hydrogens is 140 g/mol. The summed E-state index contributed by atoms with van der Waals surface area (Å²) in [5, 5.41) is 0. The van der Waals surface area contributed by atoms with E-state index >= 15 is 0 Å². The average Bonchev–Trinajstić information content (AvgIpc) is 1.59. The van der Waals surface area contributed by atoms with Crippen molar-refractivity contribution in [3.8, 4) is 0 Å². The van der Waals surface area contributed by atoms with Crippen molar-refractivity contribution in [3.05, 3.63) is 6.42 Å². The molecule has 0 atom stereocenters. The third-order valence-corrected chi connectivity index (χ3v) is 1.39. The molecule has 0 heterocycles. The third kappa shape index (κ3) is 7.91. The van der Waals surface area contributed by atoms with Gasteiger partial charge in [0.25, 0.3) is 10.1 Å². The van der Waals surface area contributed by atoms with Gasteiger partial charge in [-0.2, -0.15) is 8.42 Å². The molecule has 0 aromatic rings. The largest absolute Gasteiger partial charge is 0.286 e. The SMILES string of the molecule is CC(C)[CH]CS(=O)(=O)O.